The molecule has 1 aromatic carbocycles. The van der Waals surface area contributed by atoms with Crippen molar-refractivity contribution in [3.05, 3.63) is 17.7 Å². The van der Waals surface area contributed by atoms with E-state index in [0.29, 0.717) is 18.0 Å². The van der Waals surface area contributed by atoms with Crippen LogP contribution in [-0.2, 0) is 4.79 Å². The molecule has 0 radical (unpaired) electrons. The highest BCUT2D eigenvalue weighted by atomic mass is 16.5. The molecule has 2 N–H and O–H groups in total. The molecule has 0 aromatic heterocycles. The largest absolute Gasteiger partial charge is 0.497 e. The highest BCUT2D eigenvalue weighted by molar-refractivity contribution is 5.73. The summed E-state index contributed by atoms with van der Waals surface area (Å²) in [7, 11) is 3.16. The highest BCUT2D eigenvalue weighted by Crippen LogP contribution is 2.42. The standard InChI is InChI=1S/C12H15NO4/c1-16-8-4-9-12(10(5-8)17-2)7(6-13-9)3-11(14)15/h4-5,7,13H,3,6H2,1-2H3,(H,14,15). The Morgan fingerprint density at radius 2 is 2.24 bits per heavy atom. The Morgan fingerprint density at radius 1 is 1.47 bits per heavy atom. The normalized spacial score (nSPS) is 17.2. The van der Waals surface area contributed by atoms with Gasteiger partial charge >= 0.3 is 5.97 Å². The Hall–Kier alpha value is -1.91. The summed E-state index contributed by atoms with van der Waals surface area (Å²) < 4.78 is 10.5. The molecule has 1 unspecified atom stereocenters. The average molecular weight is 237 g/mol. The van der Waals surface area contributed by atoms with E-state index in [0.717, 1.165) is 11.3 Å². The first-order chi connectivity index (χ1) is 8.15. The molecule has 2 rings (SSSR count). The molecular formula is C12H15NO4. The molecule has 5 heteroatoms. The lowest BCUT2D eigenvalue weighted by molar-refractivity contribution is -0.137. The van der Waals surface area contributed by atoms with E-state index in [1.54, 1.807) is 20.3 Å². The van der Waals surface area contributed by atoms with Gasteiger partial charge < -0.3 is 19.9 Å². The number of carboxylic acids is 1. The number of ether oxygens (including phenoxy) is 2. The summed E-state index contributed by atoms with van der Waals surface area (Å²) >= 11 is 0. The lowest BCUT2D eigenvalue weighted by Crippen LogP contribution is -2.08. The van der Waals surface area contributed by atoms with Crippen LogP contribution in [0.25, 0.3) is 0 Å². The Balaban J connectivity index is 2.40. The summed E-state index contributed by atoms with van der Waals surface area (Å²) in [4.78, 5) is 10.8. The lowest BCUT2D eigenvalue weighted by atomic mass is 9.97. The molecule has 0 spiro atoms. The van der Waals surface area contributed by atoms with Gasteiger partial charge in [-0.3, -0.25) is 4.79 Å². The van der Waals surface area contributed by atoms with E-state index in [4.69, 9.17) is 14.6 Å². The Kier molecular flexibility index (Phi) is 3.08. The monoisotopic (exact) mass is 237 g/mol. The van der Waals surface area contributed by atoms with E-state index in [-0.39, 0.29) is 12.3 Å². The average Bonchev–Trinajstić information content (AvgIpc) is 2.70. The van der Waals surface area contributed by atoms with Crippen molar-refractivity contribution >= 4 is 11.7 Å². The minimum atomic E-state index is -0.803. The van der Waals surface area contributed by atoms with Crippen LogP contribution in [0.3, 0.4) is 0 Å². The molecule has 0 saturated heterocycles. The lowest BCUT2D eigenvalue weighted by Gasteiger charge is -2.13. The van der Waals surface area contributed by atoms with E-state index in [9.17, 15) is 4.79 Å². The third-order valence-corrected chi connectivity index (χ3v) is 2.94. The third-order valence-electron chi connectivity index (χ3n) is 2.94. The molecule has 1 atom stereocenters. The first-order valence-electron chi connectivity index (χ1n) is 5.37. The van der Waals surface area contributed by atoms with Gasteiger partial charge in [0.1, 0.15) is 11.5 Å². The zero-order chi connectivity index (χ0) is 12.4. The fourth-order valence-corrected chi connectivity index (χ4v) is 2.18. The van der Waals surface area contributed by atoms with Crippen molar-refractivity contribution in [3.8, 4) is 11.5 Å². The van der Waals surface area contributed by atoms with Crippen LogP contribution in [0.2, 0.25) is 0 Å². The first-order valence-corrected chi connectivity index (χ1v) is 5.37. The summed E-state index contributed by atoms with van der Waals surface area (Å²) in [6, 6.07) is 3.64. The van der Waals surface area contributed by atoms with Crippen LogP contribution in [0.1, 0.15) is 17.9 Å². The molecule has 92 valence electrons. The molecule has 0 bridgehead atoms. The van der Waals surface area contributed by atoms with Crippen molar-refractivity contribution in [2.24, 2.45) is 0 Å². The summed E-state index contributed by atoms with van der Waals surface area (Å²) in [6.07, 6.45) is 0.0999. The number of nitrogens with one attached hydrogen (secondary N) is 1. The fraction of sp³-hybridized carbons (Fsp3) is 0.417. The minimum Gasteiger partial charge on any atom is -0.497 e. The number of benzene rings is 1. The van der Waals surface area contributed by atoms with Gasteiger partial charge in [-0.05, 0) is 0 Å². The van der Waals surface area contributed by atoms with Crippen molar-refractivity contribution in [2.75, 3.05) is 26.1 Å². The number of hydrogen-bond donors (Lipinski definition) is 2. The summed E-state index contributed by atoms with van der Waals surface area (Å²) in [5.74, 6) is 0.519. The smallest absolute Gasteiger partial charge is 0.304 e. The molecule has 1 aliphatic rings. The Morgan fingerprint density at radius 3 is 2.82 bits per heavy atom. The molecule has 0 fully saturated rings. The number of hydrogen-bond acceptors (Lipinski definition) is 4. The van der Waals surface area contributed by atoms with Gasteiger partial charge in [-0.25, -0.2) is 0 Å². The SMILES string of the molecule is COc1cc2c(c(OC)c1)C(CC(=O)O)CN2. The second-order valence-corrected chi connectivity index (χ2v) is 3.97. The number of aliphatic carboxylic acids is 1. The molecule has 5 nitrogen and oxygen atoms in total. The van der Waals surface area contributed by atoms with Gasteiger partial charge in [0, 0.05) is 35.8 Å². The number of carbonyl (C=O) groups is 1. The van der Waals surface area contributed by atoms with Crippen LogP contribution in [0.15, 0.2) is 12.1 Å². The quantitative estimate of drug-likeness (QED) is 0.834. The van der Waals surface area contributed by atoms with Gasteiger partial charge in [0.2, 0.25) is 0 Å². The van der Waals surface area contributed by atoms with Gasteiger partial charge in [-0.15, -0.1) is 0 Å². The van der Waals surface area contributed by atoms with Crippen molar-refractivity contribution in [3.63, 3.8) is 0 Å². The summed E-state index contributed by atoms with van der Waals surface area (Å²) in [5, 5.41) is 12.1. The van der Waals surface area contributed by atoms with Crippen LogP contribution in [0.5, 0.6) is 11.5 Å². The fourth-order valence-electron chi connectivity index (χ4n) is 2.18. The highest BCUT2D eigenvalue weighted by Gasteiger charge is 2.28. The molecule has 0 aliphatic carbocycles. The topological polar surface area (TPSA) is 67.8 Å². The predicted octanol–water partition coefficient (Wildman–Crippen LogP) is 1.69. The maximum Gasteiger partial charge on any atom is 0.304 e. The van der Waals surface area contributed by atoms with Gasteiger partial charge in [0.05, 0.1) is 20.6 Å². The van der Waals surface area contributed by atoms with Gasteiger partial charge in [0.15, 0.2) is 0 Å². The number of methoxy groups -OCH3 is 2. The van der Waals surface area contributed by atoms with Crippen molar-refractivity contribution in [1.82, 2.24) is 0 Å². The van der Waals surface area contributed by atoms with Crippen LogP contribution >= 0.6 is 0 Å². The zero-order valence-electron chi connectivity index (χ0n) is 9.82. The Bertz CT molecular complexity index is 444. The second-order valence-electron chi connectivity index (χ2n) is 3.97. The van der Waals surface area contributed by atoms with Gasteiger partial charge in [-0.2, -0.15) is 0 Å². The molecule has 17 heavy (non-hydrogen) atoms. The molecule has 1 aromatic rings. The minimum absolute atomic E-state index is 0.0524. The maximum absolute atomic E-state index is 10.8. The summed E-state index contributed by atoms with van der Waals surface area (Å²) in [5.41, 5.74) is 1.82. The molecular weight excluding hydrogens is 222 g/mol. The molecule has 0 amide bonds. The third kappa shape index (κ3) is 2.13. The zero-order valence-corrected chi connectivity index (χ0v) is 9.82. The van der Waals surface area contributed by atoms with E-state index >= 15 is 0 Å². The number of anilines is 1. The number of fused-ring (bicyclic) bond motifs is 1. The number of carboxylic acid groups (broad SMARTS) is 1. The van der Waals surface area contributed by atoms with Crippen LogP contribution in [0, 0.1) is 0 Å². The first kappa shape index (κ1) is 11.6. The number of rotatable bonds is 4. The van der Waals surface area contributed by atoms with Crippen LogP contribution in [-0.4, -0.2) is 31.8 Å². The predicted molar refractivity (Wildman–Crippen MR) is 63.0 cm³/mol. The van der Waals surface area contributed by atoms with Gasteiger partial charge in [0.25, 0.3) is 0 Å². The molecule has 1 aliphatic heterocycles. The van der Waals surface area contributed by atoms with Crippen molar-refractivity contribution < 1.29 is 19.4 Å². The van der Waals surface area contributed by atoms with Crippen LogP contribution < -0.4 is 14.8 Å². The van der Waals surface area contributed by atoms with Crippen molar-refractivity contribution in [2.45, 2.75) is 12.3 Å². The van der Waals surface area contributed by atoms with E-state index in [1.807, 2.05) is 6.07 Å². The van der Waals surface area contributed by atoms with Gasteiger partial charge in [-0.1, -0.05) is 0 Å². The van der Waals surface area contributed by atoms with E-state index in [1.165, 1.54) is 0 Å². The molecule has 1 heterocycles. The maximum atomic E-state index is 10.8. The second kappa shape index (κ2) is 4.53. The van der Waals surface area contributed by atoms with Crippen molar-refractivity contribution in [1.29, 1.82) is 0 Å². The van der Waals surface area contributed by atoms with E-state index in [2.05, 4.69) is 5.32 Å². The van der Waals surface area contributed by atoms with Crippen LogP contribution in [0.4, 0.5) is 5.69 Å². The van der Waals surface area contributed by atoms with E-state index < -0.39 is 5.97 Å². The summed E-state index contributed by atoms with van der Waals surface area (Å²) in [6.45, 7) is 0.616. The Labute approximate surface area is 99.3 Å². The molecule has 0 saturated carbocycles.